The van der Waals surface area contributed by atoms with Gasteiger partial charge in [0.1, 0.15) is 12.0 Å². The largest absolute Gasteiger partial charge is 0.449 e. The van der Waals surface area contributed by atoms with Crippen LogP contribution in [0.25, 0.3) is 11.3 Å². The maximum atomic E-state index is 12.4. The van der Waals surface area contributed by atoms with Gasteiger partial charge in [-0.1, -0.05) is 12.1 Å². The SMILES string of the molecule is Cc1nc(-c2ccc(S(=O)(=O)NCCC(O)C3CCOCC3)cc2)co1. The molecule has 8 heteroatoms. The fourth-order valence-electron chi connectivity index (χ4n) is 3.06. The quantitative estimate of drug-likeness (QED) is 0.763. The Kier molecular flexibility index (Phi) is 6.08. The number of aliphatic hydroxyl groups is 1. The van der Waals surface area contributed by atoms with Crippen LogP contribution in [0.5, 0.6) is 0 Å². The molecule has 3 rings (SSSR count). The van der Waals surface area contributed by atoms with Crippen LogP contribution in [0.3, 0.4) is 0 Å². The van der Waals surface area contributed by atoms with E-state index in [1.54, 1.807) is 19.1 Å². The fourth-order valence-corrected chi connectivity index (χ4v) is 4.11. The minimum atomic E-state index is -3.61. The summed E-state index contributed by atoms with van der Waals surface area (Å²) in [6.07, 6.45) is 3.04. The van der Waals surface area contributed by atoms with E-state index in [4.69, 9.17) is 9.15 Å². The van der Waals surface area contributed by atoms with E-state index in [2.05, 4.69) is 9.71 Å². The second-order valence-electron chi connectivity index (χ2n) is 6.48. The molecule has 0 amide bonds. The Bertz CT molecular complexity index is 810. The molecule has 1 fully saturated rings. The molecule has 0 radical (unpaired) electrons. The second-order valence-corrected chi connectivity index (χ2v) is 8.25. The highest BCUT2D eigenvalue weighted by molar-refractivity contribution is 7.89. The summed E-state index contributed by atoms with van der Waals surface area (Å²) in [5, 5.41) is 10.2. The van der Waals surface area contributed by atoms with Gasteiger partial charge in [-0.05, 0) is 37.3 Å². The first-order valence-electron chi connectivity index (χ1n) is 8.74. The maximum Gasteiger partial charge on any atom is 0.240 e. The van der Waals surface area contributed by atoms with E-state index < -0.39 is 16.1 Å². The molecule has 0 bridgehead atoms. The average Bonchev–Trinajstić information content (AvgIpc) is 3.09. The predicted molar refractivity (Wildman–Crippen MR) is 96.0 cm³/mol. The first-order valence-corrected chi connectivity index (χ1v) is 10.2. The fraction of sp³-hybridized carbons (Fsp3) is 0.500. The summed E-state index contributed by atoms with van der Waals surface area (Å²) in [5.41, 5.74) is 1.45. The van der Waals surface area contributed by atoms with Gasteiger partial charge in [0.25, 0.3) is 0 Å². The number of oxazole rings is 1. The van der Waals surface area contributed by atoms with E-state index in [-0.39, 0.29) is 17.4 Å². The van der Waals surface area contributed by atoms with E-state index in [1.165, 1.54) is 18.4 Å². The van der Waals surface area contributed by atoms with Crippen molar-refractivity contribution in [2.24, 2.45) is 5.92 Å². The lowest BCUT2D eigenvalue weighted by atomic mass is 9.92. The molecule has 2 N–H and O–H groups in total. The van der Waals surface area contributed by atoms with Crippen LogP contribution in [-0.2, 0) is 14.8 Å². The van der Waals surface area contributed by atoms with Crippen molar-refractivity contribution in [1.82, 2.24) is 9.71 Å². The molecular formula is C18H24N2O5S. The Labute approximate surface area is 153 Å². The number of aromatic nitrogens is 1. The summed E-state index contributed by atoms with van der Waals surface area (Å²) in [6, 6.07) is 6.47. The molecule has 1 aliphatic rings. The molecule has 1 unspecified atom stereocenters. The number of nitrogens with zero attached hydrogens (tertiary/aromatic N) is 1. The van der Waals surface area contributed by atoms with Crippen molar-refractivity contribution in [1.29, 1.82) is 0 Å². The van der Waals surface area contributed by atoms with E-state index >= 15 is 0 Å². The highest BCUT2D eigenvalue weighted by atomic mass is 32.2. The monoisotopic (exact) mass is 380 g/mol. The van der Waals surface area contributed by atoms with Crippen molar-refractivity contribution in [2.45, 2.75) is 37.2 Å². The van der Waals surface area contributed by atoms with Gasteiger partial charge >= 0.3 is 0 Å². The van der Waals surface area contributed by atoms with Gasteiger partial charge in [0.15, 0.2) is 5.89 Å². The summed E-state index contributed by atoms with van der Waals surface area (Å²) in [6.45, 7) is 3.27. The first-order chi connectivity index (χ1) is 12.5. The van der Waals surface area contributed by atoms with Crippen molar-refractivity contribution in [3.63, 3.8) is 0 Å². The van der Waals surface area contributed by atoms with Crippen molar-refractivity contribution in [2.75, 3.05) is 19.8 Å². The number of aryl methyl sites for hydroxylation is 1. The molecule has 7 nitrogen and oxygen atoms in total. The topological polar surface area (TPSA) is 102 Å². The van der Waals surface area contributed by atoms with Crippen LogP contribution in [0, 0.1) is 12.8 Å². The lowest BCUT2D eigenvalue weighted by molar-refractivity contribution is 0.00567. The standard InChI is InChI=1S/C18H24N2O5S/c1-13-20-17(12-25-13)14-2-4-16(5-3-14)26(22,23)19-9-6-18(21)15-7-10-24-11-8-15/h2-5,12,15,18-19,21H,6-11H2,1H3. The molecule has 1 aliphatic heterocycles. The normalized spacial score (nSPS) is 17.3. The van der Waals surface area contributed by atoms with Gasteiger partial charge in [0, 0.05) is 32.2 Å². The van der Waals surface area contributed by atoms with Crippen molar-refractivity contribution in [3.05, 3.63) is 36.4 Å². The summed E-state index contributed by atoms with van der Waals surface area (Å²) in [5.74, 6) is 0.736. The molecule has 0 saturated carbocycles. The zero-order valence-corrected chi connectivity index (χ0v) is 15.5. The van der Waals surface area contributed by atoms with Crippen LogP contribution in [0.15, 0.2) is 39.8 Å². The van der Waals surface area contributed by atoms with Crippen LogP contribution in [-0.4, -0.2) is 44.4 Å². The van der Waals surface area contributed by atoms with Gasteiger partial charge in [0.2, 0.25) is 10.0 Å². The van der Waals surface area contributed by atoms with Crippen LogP contribution in [0.2, 0.25) is 0 Å². The van der Waals surface area contributed by atoms with E-state index in [0.717, 1.165) is 18.4 Å². The summed E-state index contributed by atoms with van der Waals surface area (Å²) < 4.78 is 37.8. The van der Waals surface area contributed by atoms with Crippen LogP contribution >= 0.6 is 0 Å². The van der Waals surface area contributed by atoms with Crippen molar-refractivity contribution in [3.8, 4) is 11.3 Å². The average molecular weight is 380 g/mol. The molecule has 1 saturated heterocycles. The molecular weight excluding hydrogens is 356 g/mol. The molecule has 0 aliphatic carbocycles. The number of aliphatic hydroxyl groups excluding tert-OH is 1. The maximum absolute atomic E-state index is 12.4. The molecule has 26 heavy (non-hydrogen) atoms. The molecule has 1 aromatic heterocycles. The predicted octanol–water partition coefficient (Wildman–Crippen LogP) is 2.11. The van der Waals surface area contributed by atoms with E-state index in [9.17, 15) is 13.5 Å². The Morgan fingerprint density at radius 2 is 1.96 bits per heavy atom. The Hall–Kier alpha value is -1.74. The smallest absolute Gasteiger partial charge is 0.240 e. The van der Waals surface area contributed by atoms with Gasteiger partial charge in [-0.3, -0.25) is 0 Å². The van der Waals surface area contributed by atoms with Crippen molar-refractivity contribution >= 4 is 10.0 Å². The number of hydrogen-bond donors (Lipinski definition) is 2. The van der Waals surface area contributed by atoms with Crippen LogP contribution in [0.1, 0.15) is 25.2 Å². The third kappa shape index (κ3) is 4.70. The Balaban J connectivity index is 1.55. The van der Waals surface area contributed by atoms with Gasteiger partial charge in [-0.2, -0.15) is 0 Å². The number of benzene rings is 1. The van der Waals surface area contributed by atoms with Crippen LogP contribution in [0.4, 0.5) is 0 Å². The van der Waals surface area contributed by atoms with E-state index in [1.807, 2.05) is 0 Å². The molecule has 1 atom stereocenters. The number of ether oxygens (including phenoxy) is 1. The number of nitrogens with one attached hydrogen (secondary N) is 1. The number of sulfonamides is 1. The lowest BCUT2D eigenvalue weighted by Gasteiger charge is -2.26. The van der Waals surface area contributed by atoms with Crippen molar-refractivity contribution < 1.29 is 22.7 Å². The summed E-state index contributed by atoms with van der Waals surface area (Å²) in [7, 11) is -3.61. The summed E-state index contributed by atoms with van der Waals surface area (Å²) >= 11 is 0. The molecule has 142 valence electrons. The molecule has 2 heterocycles. The Morgan fingerprint density at radius 3 is 2.58 bits per heavy atom. The lowest BCUT2D eigenvalue weighted by Crippen LogP contribution is -2.32. The molecule has 0 spiro atoms. The Morgan fingerprint density at radius 1 is 1.27 bits per heavy atom. The van der Waals surface area contributed by atoms with Crippen LogP contribution < -0.4 is 4.72 Å². The zero-order chi connectivity index (χ0) is 18.6. The first kappa shape index (κ1) is 19.0. The minimum absolute atomic E-state index is 0.179. The zero-order valence-electron chi connectivity index (χ0n) is 14.7. The molecule has 1 aromatic carbocycles. The number of rotatable bonds is 7. The van der Waals surface area contributed by atoms with Gasteiger partial charge in [0.05, 0.1) is 11.0 Å². The molecule has 2 aromatic rings. The highest BCUT2D eigenvalue weighted by Gasteiger charge is 2.22. The summed E-state index contributed by atoms with van der Waals surface area (Å²) in [4.78, 5) is 4.40. The van der Waals surface area contributed by atoms with Gasteiger partial charge in [-0.25, -0.2) is 18.1 Å². The third-order valence-corrected chi connectivity index (χ3v) is 6.10. The minimum Gasteiger partial charge on any atom is -0.449 e. The van der Waals surface area contributed by atoms with E-state index in [0.29, 0.717) is 31.2 Å². The highest BCUT2D eigenvalue weighted by Crippen LogP contribution is 2.22. The second kappa shape index (κ2) is 8.30. The van der Waals surface area contributed by atoms with Gasteiger partial charge in [-0.15, -0.1) is 0 Å². The third-order valence-electron chi connectivity index (χ3n) is 4.62. The number of hydrogen-bond acceptors (Lipinski definition) is 6. The van der Waals surface area contributed by atoms with Gasteiger partial charge < -0.3 is 14.3 Å².